The Hall–Kier alpha value is -1.16. The lowest BCUT2D eigenvalue weighted by molar-refractivity contribution is 0.811. The van der Waals surface area contributed by atoms with Gasteiger partial charge in [-0.2, -0.15) is 0 Å². The van der Waals surface area contributed by atoms with Crippen molar-refractivity contribution in [2.45, 2.75) is 19.8 Å². The summed E-state index contributed by atoms with van der Waals surface area (Å²) >= 11 is 3.39. The molecule has 15 heavy (non-hydrogen) atoms. The number of fused-ring (bicyclic) bond motifs is 1. The number of nitrogens with zero attached hydrogens (tertiary/aromatic N) is 2. The van der Waals surface area contributed by atoms with Gasteiger partial charge in [0.15, 0.2) is 5.65 Å². The van der Waals surface area contributed by atoms with Gasteiger partial charge in [0.05, 0.1) is 10.2 Å². The Kier molecular flexibility index (Phi) is 2.61. The maximum atomic E-state index is 11.8. The van der Waals surface area contributed by atoms with Crippen molar-refractivity contribution in [1.29, 1.82) is 0 Å². The Labute approximate surface area is 95.9 Å². The monoisotopic (exact) mass is 266 g/mol. The second-order valence-corrected chi connectivity index (χ2v) is 4.58. The first-order valence-corrected chi connectivity index (χ1v) is 5.56. The van der Waals surface area contributed by atoms with Crippen LogP contribution in [0.4, 0.5) is 0 Å². The molecule has 4 heteroatoms. The molecule has 2 heterocycles. The average molecular weight is 267 g/mol. The fraction of sp³-hybridized carbons (Fsp3) is 0.273. The smallest absolute Gasteiger partial charge is 0.258 e. The Bertz CT molecular complexity index is 560. The summed E-state index contributed by atoms with van der Waals surface area (Å²) in [6, 6.07) is 5.28. The topological polar surface area (TPSA) is 34.4 Å². The fourth-order valence-electron chi connectivity index (χ4n) is 1.41. The first-order valence-electron chi connectivity index (χ1n) is 4.77. The minimum absolute atomic E-state index is 0.0370. The summed E-state index contributed by atoms with van der Waals surface area (Å²) in [6.45, 7) is 4.05. The van der Waals surface area contributed by atoms with Crippen LogP contribution >= 0.6 is 15.9 Å². The summed E-state index contributed by atoms with van der Waals surface area (Å²) in [7, 11) is 0. The molecule has 2 aromatic rings. The highest BCUT2D eigenvalue weighted by Gasteiger charge is 2.07. The molecule has 0 aliphatic rings. The molecule has 0 saturated heterocycles. The standard InChI is InChI=1S/C11H11BrN2O/c1-7(2)9-6-10(15)14-5-3-4-8(12)11(14)13-9/h3-7H,1-2H3. The molecular formula is C11H11BrN2O. The highest BCUT2D eigenvalue weighted by atomic mass is 79.9. The summed E-state index contributed by atoms with van der Waals surface area (Å²) in [5, 5.41) is 0. The van der Waals surface area contributed by atoms with Crippen LogP contribution in [-0.4, -0.2) is 9.38 Å². The van der Waals surface area contributed by atoms with Crippen LogP contribution in [0.1, 0.15) is 25.5 Å². The van der Waals surface area contributed by atoms with E-state index < -0.39 is 0 Å². The molecular weight excluding hydrogens is 256 g/mol. The SMILES string of the molecule is CC(C)c1cc(=O)n2cccc(Br)c2n1. The van der Waals surface area contributed by atoms with E-state index in [1.807, 2.05) is 26.0 Å². The van der Waals surface area contributed by atoms with Crippen molar-refractivity contribution in [2.24, 2.45) is 0 Å². The van der Waals surface area contributed by atoms with Gasteiger partial charge in [-0.15, -0.1) is 0 Å². The van der Waals surface area contributed by atoms with Gasteiger partial charge < -0.3 is 0 Å². The summed E-state index contributed by atoms with van der Waals surface area (Å²) in [4.78, 5) is 16.2. The van der Waals surface area contributed by atoms with E-state index in [2.05, 4.69) is 20.9 Å². The van der Waals surface area contributed by atoms with Gasteiger partial charge in [-0.3, -0.25) is 9.20 Å². The van der Waals surface area contributed by atoms with Crippen molar-refractivity contribution in [1.82, 2.24) is 9.38 Å². The molecule has 0 N–H and O–H groups in total. The predicted octanol–water partition coefficient (Wildman–Crippen LogP) is 2.58. The second-order valence-electron chi connectivity index (χ2n) is 3.72. The van der Waals surface area contributed by atoms with Gasteiger partial charge in [0, 0.05) is 12.3 Å². The van der Waals surface area contributed by atoms with Gasteiger partial charge in [0.25, 0.3) is 5.56 Å². The van der Waals surface area contributed by atoms with Crippen molar-refractivity contribution in [3.05, 3.63) is 44.9 Å². The zero-order valence-corrected chi connectivity index (χ0v) is 10.2. The summed E-state index contributed by atoms with van der Waals surface area (Å²) in [6.07, 6.45) is 1.72. The van der Waals surface area contributed by atoms with E-state index in [-0.39, 0.29) is 11.5 Å². The lowest BCUT2D eigenvalue weighted by atomic mass is 10.1. The van der Waals surface area contributed by atoms with E-state index in [9.17, 15) is 4.79 Å². The van der Waals surface area contributed by atoms with E-state index in [1.54, 1.807) is 12.3 Å². The zero-order chi connectivity index (χ0) is 11.0. The average Bonchev–Trinajstić information content (AvgIpc) is 2.19. The highest BCUT2D eigenvalue weighted by molar-refractivity contribution is 9.10. The Morgan fingerprint density at radius 1 is 1.47 bits per heavy atom. The molecule has 0 spiro atoms. The largest absolute Gasteiger partial charge is 0.269 e. The van der Waals surface area contributed by atoms with E-state index in [0.29, 0.717) is 5.65 Å². The molecule has 0 unspecified atom stereocenters. The molecule has 0 saturated carbocycles. The minimum Gasteiger partial charge on any atom is -0.269 e. The van der Waals surface area contributed by atoms with Gasteiger partial charge >= 0.3 is 0 Å². The number of rotatable bonds is 1. The molecule has 0 aliphatic heterocycles. The molecule has 0 radical (unpaired) electrons. The van der Waals surface area contributed by atoms with Gasteiger partial charge in [0.2, 0.25) is 0 Å². The third-order valence-corrected chi connectivity index (χ3v) is 2.87. The molecule has 0 fully saturated rings. The fourth-order valence-corrected chi connectivity index (χ4v) is 1.84. The zero-order valence-electron chi connectivity index (χ0n) is 8.57. The van der Waals surface area contributed by atoms with Crippen molar-refractivity contribution >= 4 is 21.6 Å². The van der Waals surface area contributed by atoms with E-state index in [0.717, 1.165) is 10.2 Å². The third-order valence-electron chi connectivity index (χ3n) is 2.25. The Balaban J connectivity index is 2.86. The van der Waals surface area contributed by atoms with Crippen molar-refractivity contribution in [3.63, 3.8) is 0 Å². The number of hydrogen-bond donors (Lipinski definition) is 0. The molecule has 2 aromatic heterocycles. The number of pyridine rings is 1. The molecule has 0 atom stereocenters. The maximum Gasteiger partial charge on any atom is 0.258 e. The second kappa shape index (κ2) is 3.77. The lowest BCUT2D eigenvalue weighted by Crippen LogP contribution is -2.16. The Morgan fingerprint density at radius 3 is 2.87 bits per heavy atom. The van der Waals surface area contributed by atoms with E-state index in [4.69, 9.17) is 0 Å². The van der Waals surface area contributed by atoms with Crippen LogP contribution < -0.4 is 5.56 Å². The maximum absolute atomic E-state index is 11.8. The van der Waals surface area contributed by atoms with Crippen LogP contribution in [0.25, 0.3) is 5.65 Å². The molecule has 0 amide bonds. The quantitative estimate of drug-likeness (QED) is 0.795. The Morgan fingerprint density at radius 2 is 2.20 bits per heavy atom. The van der Waals surface area contributed by atoms with E-state index >= 15 is 0 Å². The molecule has 0 aromatic carbocycles. The summed E-state index contributed by atoms with van der Waals surface area (Å²) in [5.74, 6) is 0.259. The van der Waals surface area contributed by atoms with Crippen molar-refractivity contribution in [2.75, 3.05) is 0 Å². The summed E-state index contributed by atoms with van der Waals surface area (Å²) < 4.78 is 2.38. The molecule has 2 rings (SSSR count). The minimum atomic E-state index is -0.0370. The third kappa shape index (κ3) is 1.81. The molecule has 0 bridgehead atoms. The van der Waals surface area contributed by atoms with Crippen LogP contribution in [0.15, 0.2) is 33.7 Å². The van der Waals surface area contributed by atoms with Crippen LogP contribution in [-0.2, 0) is 0 Å². The van der Waals surface area contributed by atoms with Crippen molar-refractivity contribution < 1.29 is 0 Å². The lowest BCUT2D eigenvalue weighted by Gasteiger charge is -2.07. The van der Waals surface area contributed by atoms with E-state index in [1.165, 1.54) is 4.40 Å². The van der Waals surface area contributed by atoms with Crippen LogP contribution in [0.2, 0.25) is 0 Å². The van der Waals surface area contributed by atoms with Crippen LogP contribution in [0.5, 0.6) is 0 Å². The van der Waals surface area contributed by atoms with Gasteiger partial charge in [-0.1, -0.05) is 13.8 Å². The van der Waals surface area contributed by atoms with Crippen LogP contribution in [0, 0.1) is 0 Å². The predicted molar refractivity (Wildman–Crippen MR) is 63.3 cm³/mol. The normalized spacial score (nSPS) is 11.2. The highest BCUT2D eigenvalue weighted by Crippen LogP contribution is 2.16. The molecule has 0 aliphatic carbocycles. The first kappa shape index (κ1) is 10.4. The molecule has 78 valence electrons. The number of hydrogen-bond acceptors (Lipinski definition) is 2. The number of halogens is 1. The van der Waals surface area contributed by atoms with Gasteiger partial charge in [-0.25, -0.2) is 4.98 Å². The van der Waals surface area contributed by atoms with Gasteiger partial charge in [0.1, 0.15) is 0 Å². The van der Waals surface area contributed by atoms with Crippen LogP contribution in [0.3, 0.4) is 0 Å². The number of aromatic nitrogens is 2. The summed E-state index contributed by atoms with van der Waals surface area (Å²) in [5.41, 5.74) is 1.46. The first-order chi connectivity index (χ1) is 7.09. The van der Waals surface area contributed by atoms with Gasteiger partial charge in [-0.05, 0) is 34.0 Å². The van der Waals surface area contributed by atoms with Crippen molar-refractivity contribution in [3.8, 4) is 0 Å². The molecule has 3 nitrogen and oxygen atoms in total.